The van der Waals surface area contributed by atoms with Crippen molar-refractivity contribution in [2.45, 2.75) is 6.04 Å². The molecule has 1 rings (SSSR count). The first kappa shape index (κ1) is 12.9. The van der Waals surface area contributed by atoms with Crippen molar-refractivity contribution in [3.63, 3.8) is 0 Å². The van der Waals surface area contributed by atoms with Gasteiger partial charge in [-0.2, -0.15) is 0 Å². The van der Waals surface area contributed by atoms with E-state index in [2.05, 4.69) is 10.3 Å². The molecule has 1 heterocycles. The van der Waals surface area contributed by atoms with Crippen LogP contribution < -0.4 is 5.32 Å². The van der Waals surface area contributed by atoms with Crippen molar-refractivity contribution in [1.29, 1.82) is 0 Å². The second kappa shape index (κ2) is 6.40. The van der Waals surface area contributed by atoms with Gasteiger partial charge in [0.25, 0.3) is 5.91 Å². The zero-order chi connectivity index (χ0) is 12.0. The lowest BCUT2D eigenvalue weighted by Gasteiger charge is -2.14. The monoisotopic (exact) mass is 246 g/mol. The number of amides is 1. The Morgan fingerprint density at radius 2 is 2.44 bits per heavy atom. The molecule has 0 saturated carbocycles. The number of pyridine rings is 1. The van der Waals surface area contributed by atoms with Gasteiger partial charge in [0.2, 0.25) is 0 Å². The molecule has 0 saturated heterocycles. The van der Waals surface area contributed by atoms with Gasteiger partial charge in [0.05, 0.1) is 18.8 Å². The van der Waals surface area contributed by atoms with Gasteiger partial charge in [0.1, 0.15) is 11.5 Å². The van der Waals surface area contributed by atoms with E-state index in [9.17, 15) is 9.18 Å². The van der Waals surface area contributed by atoms with Crippen molar-refractivity contribution in [2.24, 2.45) is 0 Å². The topological polar surface area (TPSA) is 51.2 Å². The van der Waals surface area contributed by atoms with E-state index in [0.717, 1.165) is 6.20 Å². The Kier molecular flexibility index (Phi) is 5.14. The average Bonchev–Trinajstić information content (AvgIpc) is 2.29. The van der Waals surface area contributed by atoms with E-state index in [1.54, 1.807) is 0 Å². The Morgan fingerprint density at radius 3 is 2.94 bits per heavy atom. The fraction of sp³-hybridized carbons (Fsp3) is 0.400. The van der Waals surface area contributed by atoms with Crippen molar-refractivity contribution in [2.75, 3.05) is 19.6 Å². The number of nitrogens with one attached hydrogen (secondary N) is 1. The standard InChI is InChI=1S/C10H12ClFN2O2/c1-16-6-8(4-11)14-10(15)9-3-2-7(12)5-13-9/h2-3,5,8H,4,6H2,1H3,(H,14,15). The first-order valence-electron chi connectivity index (χ1n) is 4.64. The van der Waals surface area contributed by atoms with Crippen molar-refractivity contribution < 1.29 is 13.9 Å². The minimum absolute atomic E-state index is 0.146. The number of carbonyl (C=O) groups excluding carboxylic acids is 1. The fourth-order valence-corrected chi connectivity index (χ4v) is 1.26. The van der Waals surface area contributed by atoms with E-state index in [0.29, 0.717) is 6.61 Å². The molecule has 1 aromatic rings. The van der Waals surface area contributed by atoms with Crippen LogP contribution in [-0.4, -0.2) is 36.5 Å². The highest BCUT2D eigenvalue weighted by Crippen LogP contribution is 1.99. The van der Waals surface area contributed by atoms with E-state index in [1.807, 2.05) is 0 Å². The summed E-state index contributed by atoms with van der Waals surface area (Å²) in [6, 6.07) is 2.20. The minimum Gasteiger partial charge on any atom is -0.383 e. The van der Waals surface area contributed by atoms with Crippen LogP contribution in [0.1, 0.15) is 10.5 Å². The van der Waals surface area contributed by atoms with Gasteiger partial charge in [-0.25, -0.2) is 9.37 Å². The number of alkyl halides is 1. The first-order chi connectivity index (χ1) is 7.67. The third-order valence-electron chi connectivity index (χ3n) is 1.85. The minimum atomic E-state index is -0.484. The molecule has 0 fully saturated rings. The molecular weight excluding hydrogens is 235 g/mol. The maximum absolute atomic E-state index is 12.6. The van der Waals surface area contributed by atoms with E-state index < -0.39 is 11.7 Å². The van der Waals surface area contributed by atoms with E-state index in [4.69, 9.17) is 16.3 Å². The van der Waals surface area contributed by atoms with Crippen LogP contribution in [-0.2, 0) is 4.74 Å². The SMILES string of the molecule is COCC(CCl)NC(=O)c1ccc(F)cn1. The number of nitrogens with zero attached hydrogens (tertiary/aromatic N) is 1. The number of halogens is 2. The Morgan fingerprint density at radius 1 is 1.69 bits per heavy atom. The Labute approximate surface area is 97.8 Å². The van der Waals surface area contributed by atoms with Crippen LogP contribution in [0.3, 0.4) is 0 Å². The molecule has 0 aliphatic carbocycles. The van der Waals surface area contributed by atoms with Crippen molar-refractivity contribution in [1.82, 2.24) is 10.3 Å². The van der Waals surface area contributed by atoms with Gasteiger partial charge in [-0.05, 0) is 12.1 Å². The van der Waals surface area contributed by atoms with Gasteiger partial charge in [0.15, 0.2) is 0 Å². The largest absolute Gasteiger partial charge is 0.383 e. The zero-order valence-electron chi connectivity index (χ0n) is 8.74. The maximum atomic E-state index is 12.6. The number of hydrogen-bond acceptors (Lipinski definition) is 3. The smallest absolute Gasteiger partial charge is 0.270 e. The number of ether oxygens (including phenoxy) is 1. The number of methoxy groups -OCH3 is 1. The molecule has 1 N–H and O–H groups in total. The van der Waals surface area contributed by atoms with Crippen LogP contribution in [0, 0.1) is 5.82 Å². The second-order valence-electron chi connectivity index (χ2n) is 3.14. The Hall–Kier alpha value is -1.20. The molecule has 0 spiro atoms. The Balaban J connectivity index is 2.60. The molecule has 0 aliphatic heterocycles. The van der Waals surface area contributed by atoms with Gasteiger partial charge >= 0.3 is 0 Å². The van der Waals surface area contributed by atoms with Gasteiger partial charge in [0, 0.05) is 13.0 Å². The van der Waals surface area contributed by atoms with Crippen molar-refractivity contribution in [3.8, 4) is 0 Å². The summed E-state index contributed by atoms with van der Waals surface area (Å²) < 4.78 is 17.4. The van der Waals surface area contributed by atoms with Crippen LogP contribution >= 0.6 is 11.6 Å². The summed E-state index contributed by atoms with van der Waals surface area (Å²) in [4.78, 5) is 15.2. The summed E-state index contributed by atoms with van der Waals surface area (Å²) in [5.41, 5.74) is 0.146. The quantitative estimate of drug-likeness (QED) is 0.795. The summed E-state index contributed by atoms with van der Waals surface area (Å²) in [6.07, 6.45) is 0.987. The highest BCUT2D eigenvalue weighted by molar-refractivity contribution is 6.18. The van der Waals surface area contributed by atoms with E-state index in [-0.39, 0.29) is 17.6 Å². The molecule has 0 bridgehead atoms. The highest BCUT2D eigenvalue weighted by Gasteiger charge is 2.13. The lowest BCUT2D eigenvalue weighted by atomic mass is 10.3. The number of carbonyl (C=O) groups is 1. The van der Waals surface area contributed by atoms with Crippen LogP contribution in [0.2, 0.25) is 0 Å². The fourth-order valence-electron chi connectivity index (χ4n) is 1.10. The summed E-state index contributed by atoms with van der Waals surface area (Å²) in [7, 11) is 1.52. The molecule has 16 heavy (non-hydrogen) atoms. The average molecular weight is 247 g/mol. The van der Waals surface area contributed by atoms with Gasteiger partial charge in [-0.1, -0.05) is 0 Å². The van der Waals surface area contributed by atoms with Crippen LogP contribution in [0.15, 0.2) is 18.3 Å². The van der Waals surface area contributed by atoms with Crippen molar-refractivity contribution in [3.05, 3.63) is 29.8 Å². The molecule has 0 aromatic carbocycles. The molecule has 6 heteroatoms. The molecule has 88 valence electrons. The van der Waals surface area contributed by atoms with Crippen molar-refractivity contribution >= 4 is 17.5 Å². The molecule has 1 amide bonds. The second-order valence-corrected chi connectivity index (χ2v) is 3.45. The molecule has 1 unspecified atom stereocenters. The third kappa shape index (κ3) is 3.75. The molecule has 0 aliphatic rings. The lowest BCUT2D eigenvalue weighted by molar-refractivity contribution is 0.0902. The molecule has 1 atom stereocenters. The summed E-state index contributed by atoms with van der Waals surface area (Å²) in [6.45, 7) is 0.316. The molecule has 0 radical (unpaired) electrons. The summed E-state index contributed by atoms with van der Waals surface area (Å²) in [5.74, 6) is -0.647. The predicted octanol–water partition coefficient (Wildman–Crippen LogP) is 1.20. The van der Waals surface area contributed by atoms with Gasteiger partial charge < -0.3 is 10.1 Å². The summed E-state index contributed by atoms with van der Waals surface area (Å²) in [5, 5.41) is 2.62. The number of rotatable bonds is 5. The highest BCUT2D eigenvalue weighted by atomic mass is 35.5. The summed E-state index contributed by atoms with van der Waals surface area (Å²) >= 11 is 5.63. The first-order valence-corrected chi connectivity index (χ1v) is 5.18. The van der Waals surface area contributed by atoms with Crippen LogP contribution in [0.4, 0.5) is 4.39 Å². The van der Waals surface area contributed by atoms with Gasteiger partial charge in [-0.15, -0.1) is 11.6 Å². The van der Waals surface area contributed by atoms with Crippen LogP contribution in [0.25, 0.3) is 0 Å². The van der Waals surface area contributed by atoms with Crippen LogP contribution in [0.5, 0.6) is 0 Å². The number of hydrogen-bond donors (Lipinski definition) is 1. The molecule has 1 aromatic heterocycles. The normalized spacial score (nSPS) is 12.2. The predicted molar refractivity (Wildman–Crippen MR) is 58.0 cm³/mol. The molecular formula is C10H12ClFN2O2. The van der Waals surface area contributed by atoms with Gasteiger partial charge in [-0.3, -0.25) is 4.79 Å². The maximum Gasteiger partial charge on any atom is 0.270 e. The third-order valence-corrected chi connectivity index (χ3v) is 2.22. The van der Waals surface area contributed by atoms with E-state index >= 15 is 0 Å². The number of aromatic nitrogens is 1. The van der Waals surface area contributed by atoms with E-state index in [1.165, 1.54) is 19.2 Å². The molecule has 4 nitrogen and oxygen atoms in total. The lowest BCUT2D eigenvalue weighted by Crippen LogP contribution is -2.39. The Bertz CT molecular complexity index is 345. The zero-order valence-corrected chi connectivity index (χ0v) is 9.50.